The number of benzene rings is 7. The van der Waals surface area contributed by atoms with Crippen molar-refractivity contribution in [2.45, 2.75) is 6.18 Å². The minimum absolute atomic E-state index is 0.101. The Morgan fingerprint density at radius 2 is 0.878 bits per heavy atom. The van der Waals surface area contributed by atoms with Gasteiger partial charge in [0.15, 0.2) is 0 Å². The Hall–Kier alpha value is -5.74. The lowest BCUT2D eigenvalue weighted by atomic mass is 9.20. The molecule has 1 nitrogen and oxygen atoms in total. The SMILES string of the molecule is FC(F)(F)c1cccc(-c2ccccc2-n2c3ccccc3c3ccccc32)c1B1c2ccccc2B(c2ccccc2)c2ccccc21. The van der Waals surface area contributed by atoms with Crippen LogP contribution in [0.25, 0.3) is 38.6 Å². The number of aromatic nitrogens is 1. The summed E-state index contributed by atoms with van der Waals surface area (Å²) in [6.45, 7) is -0.748. The van der Waals surface area contributed by atoms with Gasteiger partial charge in [0.25, 0.3) is 0 Å². The van der Waals surface area contributed by atoms with Gasteiger partial charge >= 0.3 is 6.18 Å². The fraction of sp³-hybridized carbons (Fsp3) is 0.0233. The first-order chi connectivity index (χ1) is 24.0. The van der Waals surface area contributed by atoms with E-state index in [1.165, 1.54) is 6.07 Å². The summed E-state index contributed by atoms with van der Waals surface area (Å²) < 4.78 is 48.3. The van der Waals surface area contributed by atoms with E-state index in [2.05, 4.69) is 53.1 Å². The zero-order valence-electron chi connectivity index (χ0n) is 26.4. The molecule has 2 heterocycles. The van der Waals surface area contributed by atoms with Gasteiger partial charge in [-0.1, -0.05) is 179 Å². The fourth-order valence-corrected chi connectivity index (χ4v) is 8.16. The summed E-state index contributed by atoms with van der Waals surface area (Å²) in [6, 6.07) is 55.3. The molecule has 0 atom stereocenters. The third-order valence-corrected chi connectivity index (χ3v) is 10.1. The van der Waals surface area contributed by atoms with Crippen LogP contribution in [0, 0.1) is 0 Å². The molecule has 1 aromatic heterocycles. The van der Waals surface area contributed by atoms with Crippen LogP contribution >= 0.6 is 0 Å². The van der Waals surface area contributed by atoms with Crippen LogP contribution in [0.1, 0.15) is 5.56 Å². The van der Waals surface area contributed by atoms with Gasteiger partial charge in [0.05, 0.1) is 22.3 Å². The molecular formula is C43H28B2F3N. The standard InChI is InChI=1S/C43H28B2F3N/c46-43(47,48)34-21-14-20-33(32-19-6-13-28-41(32)49-39-26-11-4-17-30(39)31-18-5-12-27-40(31)49)42(34)45-37-24-9-7-22-35(37)44(29-15-2-1-3-16-29)36-23-8-10-25-38(36)45/h1-28H. The van der Waals surface area contributed by atoms with Crippen molar-refractivity contribution in [3.05, 3.63) is 175 Å². The maximum absolute atomic E-state index is 15.4. The number of hydrogen-bond acceptors (Lipinski definition) is 0. The minimum atomic E-state index is -4.58. The normalized spacial score (nSPS) is 12.7. The van der Waals surface area contributed by atoms with Crippen LogP contribution in [0.5, 0.6) is 0 Å². The Balaban J connectivity index is 1.37. The van der Waals surface area contributed by atoms with Crippen LogP contribution in [0.3, 0.4) is 0 Å². The fourth-order valence-electron chi connectivity index (χ4n) is 8.16. The van der Waals surface area contributed by atoms with Crippen LogP contribution in [-0.2, 0) is 6.18 Å². The van der Waals surface area contributed by atoms with E-state index in [4.69, 9.17) is 0 Å². The van der Waals surface area contributed by atoms with Crippen LogP contribution in [0.4, 0.5) is 13.2 Å². The lowest BCUT2D eigenvalue weighted by Crippen LogP contribution is -2.75. The van der Waals surface area contributed by atoms with Crippen molar-refractivity contribution in [3.8, 4) is 16.8 Å². The molecule has 0 saturated carbocycles. The number of para-hydroxylation sites is 3. The Morgan fingerprint density at radius 1 is 0.408 bits per heavy atom. The van der Waals surface area contributed by atoms with E-state index in [0.717, 1.165) is 60.4 Å². The molecule has 7 aromatic carbocycles. The topological polar surface area (TPSA) is 4.93 Å². The Bertz CT molecular complexity index is 2420. The third kappa shape index (κ3) is 4.66. The highest BCUT2D eigenvalue weighted by Crippen LogP contribution is 2.37. The van der Waals surface area contributed by atoms with E-state index in [0.29, 0.717) is 5.56 Å². The molecule has 1 aliphatic heterocycles. The van der Waals surface area contributed by atoms with E-state index in [9.17, 15) is 0 Å². The second-order valence-electron chi connectivity index (χ2n) is 12.7. The molecule has 0 bridgehead atoms. The highest BCUT2D eigenvalue weighted by Gasteiger charge is 2.44. The van der Waals surface area contributed by atoms with Gasteiger partial charge in [-0.05, 0) is 29.2 Å². The second-order valence-corrected chi connectivity index (χ2v) is 12.7. The van der Waals surface area contributed by atoms with Crippen molar-refractivity contribution in [3.63, 3.8) is 0 Å². The van der Waals surface area contributed by atoms with Crippen molar-refractivity contribution >= 4 is 68.0 Å². The first-order valence-electron chi connectivity index (χ1n) is 16.5. The Kier molecular flexibility index (Phi) is 6.87. The van der Waals surface area contributed by atoms with Crippen molar-refractivity contribution in [2.24, 2.45) is 0 Å². The number of hydrogen-bond donors (Lipinski definition) is 0. The molecule has 232 valence electrons. The molecule has 0 radical (unpaired) electrons. The summed E-state index contributed by atoms with van der Waals surface area (Å²) in [7, 11) is 0. The van der Waals surface area contributed by atoms with E-state index < -0.39 is 18.5 Å². The zero-order valence-corrected chi connectivity index (χ0v) is 26.4. The molecule has 0 aliphatic carbocycles. The largest absolute Gasteiger partial charge is 0.415 e. The molecule has 0 saturated heterocycles. The third-order valence-electron chi connectivity index (χ3n) is 10.1. The van der Waals surface area contributed by atoms with Crippen LogP contribution in [0.15, 0.2) is 170 Å². The van der Waals surface area contributed by atoms with Gasteiger partial charge in [0.1, 0.15) is 0 Å². The predicted molar refractivity (Wildman–Crippen MR) is 200 cm³/mol. The van der Waals surface area contributed by atoms with E-state index in [1.807, 2.05) is 109 Å². The summed E-state index contributed by atoms with van der Waals surface area (Å²) in [5.74, 6) is 0. The lowest BCUT2D eigenvalue weighted by Gasteiger charge is -2.34. The van der Waals surface area contributed by atoms with Crippen molar-refractivity contribution < 1.29 is 13.2 Å². The molecule has 0 unspecified atom stereocenters. The van der Waals surface area contributed by atoms with Gasteiger partial charge in [0, 0.05) is 16.3 Å². The average Bonchev–Trinajstić information content (AvgIpc) is 3.48. The molecule has 0 fully saturated rings. The maximum Gasteiger partial charge on any atom is 0.415 e. The summed E-state index contributed by atoms with van der Waals surface area (Å²) >= 11 is 0. The van der Waals surface area contributed by atoms with Crippen LogP contribution < -0.4 is 32.8 Å². The number of alkyl halides is 3. The smallest absolute Gasteiger partial charge is 0.309 e. The van der Waals surface area contributed by atoms with Crippen LogP contribution in [0.2, 0.25) is 0 Å². The number of rotatable bonds is 4. The van der Waals surface area contributed by atoms with E-state index in [-0.39, 0.29) is 12.2 Å². The number of nitrogens with zero attached hydrogens (tertiary/aromatic N) is 1. The average molecular weight is 637 g/mol. The highest BCUT2D eigenvalue weighted by atomic mass is 19.4. The molecule has 6 heteroatoms. The summed E-state index contributed by atoms with van der Waals surface area (Å²) in [5, 5.41) is 2.19. The van der Waals surface area contributed by atoms with Crippen molar-refractivity contribution in [1.82, 2.24) is 4.57 Å². The van der Waals surface area contributed by atoms with Gasteiger partial charge in [0.2, 0.25) is 13.4 Å². The van der Waals surface area contributed by atoms with E-state index in [1.54, 1.807) is 6.07 Å². The van der Waals surface area contributed by atoms with Crippen LogP contribution in [-0.4, -0.2) is 18.0 Å². The van der Waals surface area contributed by atoms with Crippen molar-refractivity contribution in [1.29, 1.82) is 0 Å². The van der Waals surface area contributed by atoms with E-state index >= 15 is 13.2 Å². The lowest BCUT2D eigenvalue weighted by molar-refractivity contribution is -0.136. The van der Waals surface area contributed by atoms with Gasteiger partial charge in [-0.25, -0.2) is 0 Å². The van der Waals surface area contributed by atoms with Gasteiger partial charge in [-0.15, -0.1) is 0 Å². The first kappa shape index (κ1) is 29.4. The number of fused-ring (bicyclic) bond motifs is 5. The van der Waals surface area contributed by atoms with Gasteiger partial charge < -0.3 is 4.57 Å². The summed E-state index contributed by atoms with van der Waals surface area (Å²) in [5.41, 5.74) is 8.76. The monoisotopic (exact) mass is 637 g/mol. The molecule has 8 aromatic rings. The second kappa shape index (κ2) is 11.5. The Morgan fingerprint density at radius 3 is 1.47 bits per heavy atom. The molecule has 49 heavy (non-hydrogen) atoms. The predicted octanol–water partition coefficient (Wildman–Crippen LogP) is 6.82. The van der Waals surface area contributed by atoms with Gasteiger partial charge in [-0.3, -0.25) is 0 Å². The minimum Gasteiger partial charge on any atom is -0.309 e. The Labute approximate surface area is 283 Å². The summed E-state index contributed by atoms with van der Waals surface area (Å²) in [6.07, 6.45) is -4.58. The summed E-state index contributed by atoms with van der Waals surface area (Å²) in [4.78, 5) is 0. The maximum atomic E-state index is 15.4. The quantitative estimate of drug-likeness (QED) is 0.187. The molecule has 0 N–H and O–H groups in total. The molecule has 9 rings (SSSR count). The first-order valence-corrected chi connectivity index (χ1v) is 16.5. The number of halogens is 3. The molecule has 1 aliphatic rings. The highest BCUT2D eigenvalue weighted by molar-refractivity contribution is 7.11. The van der Waals surface area contributed by atoms with Crippen molar-refractivity contribution in [2.75, 3.05) is 0 Å². The molecular weight excluding hydrogens is 609 g/mol. The molecule has 0 amide bonds. The van der Waals surface area contributed by atoms with Gasteiger partial charge in [-0.2, -0.15) is 13.2 Å². The zero-order chi connectivity index (χ0) is 33.1. The molecule has 0 spiro atoms.